The zero-order valence-electron chi connectivity index (χ0n) is 9.50. The Kier molecular flexibility index (Phi) is 2.44. The van der Waals surface area contributed by atoms with Crippen molar-refractivity contribution in [2.45, 2.75) is 10.3 Å². The van der Waals surface area contributed by atoms with Crippen molar-refractivity contribution in [1.29, 1.82) is 0 Å². The fraction of sp³-hybridized carbons (Fsp3) is 0.154. The smallest absolute Gasteiger partial charge is 0.105 e. The third kappa shape index (κ3) is 1.74. The lowest BCUT2D eigenvalue weighted by molar-refractivity contribution is 0.912. The minimum absolute atomic E-state index is 0.290. The molecule has 1 aromatic heterocycles. The molecule has 0 aliphatic carbocycles. The van der Waals surface area contributed by atoms with Gasteiger partial charge in [0.1, 0.15) is 5.37 Å². The molecule has 0 fully saturated rings. The van der Waals surface area contributed by atoms with E-state index in [-0.39, 0.29) is 5.37 Å². The summed E-state index contributed by atoms with van der Waals surface area (Å²) < 4.78 is 0. The molecular weight excluding hydrogens is 230 g/mol. The summed E-state index contributed by atoms with van der Waals surface area (Å²) in [6.45, 7) is 0. The van der Waals surface area contributed by atoms with Crippen molar-refractivity contribution >= 4 is 23.1 Å². The van der Waals surface area contributed by atoms with Crippen LogP contribution in [0.5, 0.6) is 0 Å². The number of aromatic nitrogens is 1. The second-order valence-corrected chi connectivity index (χ2v) is 5.22. The van der Waals surface area contributed by atoms with Crippen molar-refractivity contribution < 1.29 is 0 Å². The zero-order valence-corrected chi connectivity index (χ0v) is 10.3. The topological polar surface area (TPSA) is 42.2 Å². The summed E-state index contributed by atoms with van der Waals surface area (Å²) in [7, 11) is 2.10. The first-order chi connectivity index (χ1) is 8.25. The molecule has 1 aliphatic rings. The van der Waals surface area contributed by atoms with Gasteiger partial charge in [-0.05, 0) is 23.8 Å². The second kappa shape index (κ2) is 3.96. The van der Waals surface area contributed by atoms with Crippen molar-refractivity contribution in [3.8, 4) is 0 Å². The highest BCUT2D eigenvalue weighted by molar-refractivity contribution is 8.00. The molecule has 3 rings (SSSR count). The lowest BCUT2D eigenvalue weighted by atomic mass is 10.2. The van der Waals surface area contributed by atoms with Gasteiger partial charge in [0.25, 0.3) is 0 Å². The van der Waals surface area contributed by atoms with E-state index in [0.717, 1.165) is 5.69 Å². The molecule has 0 saturated heterocycles. The van der Waals surface area contributed by atoms with Gasteiger partial charge in [0, 0.05) is 25.1 Å². The van der Waals surface area contributed by atoms with Crippen LogP contribution < -0.4 is 10.6 Å². The van der Waals surface area contributed by atoms with Gasteiger partial charge in [-0.15, -0.1) is 0 Å². The molecule has 3 nitrogen and oxygen atoms in total. The van der Waals surface area contributed by atoms with Crippen LogP contribution >= 0.6 is 11.8 Å². The summed E-state index contributed by atoms with van der Waals surface area (Å²) in [5.74, 6) is 0. The lowest BCUT2D eigenvalue weighted by Gasteiger charge is -2.21. The first-order valence-corrected chi connectivity index (χ1v) is 6.32. The maximum Gasteiger partial charge on any atom is 0.105 e. The van der Waals surface area contributed by atoms with Gasteiger partial charge in [0.15, 0.2) is 0 Å². The molecule has 1 unspecified atom stereocenters. The predicted molar refractivity (Wildman–Crippen MR) is 72.1 cm³/mol. The summed E-state index contributed by atoms with van der Waals surface area (Å²) in [4.78, 5) is 7.65. The highest BCUT2D eigenvalue weighted by atomic mass is 32.2. The summed E-state index contributed by atoms with van der Waals surface area (Å²) in [6, 6.07) is 10.1. The number of thioether (sulfide) groups is 1. The van der Waals surface area contributed by atoms with Crippen molar-refractivity contribution in [1.82, 2.24) is 4.98 Å². The summed E-state index contributed by atoms with van der Waals surface area (Å²) in [6.07, 6.45) is 3.75. The standard InChI is InChI=1S/C13H13N3S/c1-16-11-5-6-15-8-12(11)17-13(16)9-3-2-4-10(14)7-9/h2-8,13H,14H2,1H3. The molecule has 1 aliphatic heterocycles. The van der Waals surface area contributed by atoms with Gasteiger partial charge in [0.05, 0.1) is 10.6 Å². The van der Waals surface area contributed by atoms with Crippen LogP contribution in [0, 0.1) is 0 Å². The molecule has 0 spiro atoms. The molecule has 2 heterocycles. The van der Waals surface area contributed by atoms with E-state index in [2.05, 4.69) is 29.1 Å². The van der Waals surface area contributed by atoms with Gasteiger partial charge >= 0.3 is 0 Å². The third-order valence-electron chi connectivity index (χ3n) is 2.93. The van der Waals surface area contributed by atoms with Crippen LogP contribution in [-0.4, -0.2) is 12.0 Å². The Bertz CT molecular complexity index is 556. The Labute approximate surface area is 105 Å². The van der Waals surface area contributed by atoms with Crippen molar-refractivity contribution in [2.24, 2.45) is 0 Å². The zero-order chi connectivity index (χ0) is 11.8. The fourth-order valence-electron chi connectivity index (χ4n) is 2.08. The number of fused-ring (bicyclic) bond motifs is 1. The number of benzene rings is 1. The predicted octanol–water partition coefficient (Wildman–Crippen LogP) is 2.90. The molecule has 1 atom stereocenters. The minimum atomic E-state index is 0.290. The number of pyridine rings is 1. The lowest BCUT2D eigenvalue weighted by Crippen LogP contribution is -2.17. The summed E-state index contributed by atoms with van der Waals surface area (Å²) in [5, 5.41) is 0.290. The van der Waals surface area contributed by atoms with Gasteiger partial charge in [-0.2, -0.15) is 0 Å². The number of rotatable bonds is 1. The Hall–Kier alpha value is -1.68. The van der Waals surface area contributed by atoms with Crippen LogP contribution in [0.2, 0.25) is 0 Å². The van der Waals surface area contributed by atoms with Crippen LogP contribution in [0.1, 0.15) is 10.9 Å². The van der Waals surface area contributed by atoms with Gasteiger partial charge in [0.2, 0.25) is 0 Å². The highest BCUT2D eigenvalue weighted by Crippen LogP contribution is 2.49. The molecule has 0 saturated carbocycles. The number of nitrogens with two attached hydrogens (primary N) is 1. The molecule has 2 aromatic rings. The van der Waals surface area contributed by atoms with Gasteiger partial charge in [-0.3, -0.25) is 4.98 Å². The van der Waals surface area contributed by atoms with Crippen LogP contribution in [0.3, 0.4) is 0 Å². The molecule has 0 bridgehead atoms. The van der Waals surface area contributed by atoms with Crippen LogP contribution in [0.15, 0.2) is 47.6 Å². The Balaban J connectivity index is 1.99. The Morgan fingerprint density at radius 2 is 2.24 bits per heavy atom. The van der Waals surface area contributed by atoms with Gasteiger partial charge in [-0.25, -0.2) is 0 Å². The van der Waals surface area contributed by atoms with E-state index in [1.807, 2.05) is 42.4 Å². The average Bonchev–Trinajstić information content (AvgIpc) is 2.68. The maximum atomic E-state index is 5.84. The van der Waals surface area contributed by atoms with Crippen molar-refractivity contribution in [2.75, 3.05) is 17.7 Å². The van der Waals surface area contributed by atoms with E-state index in [4.69, 9.17) is 5.73 Å². The van der Waals surface area contributed by atoms with E-state index < -0.39 is 0 Å². The molecular formula is C13H13N3S. The summed E-state index contributed by atoms with van der Waals surface area (Å²) >= 11 is 1.81. The largest absolute Gasteiger partial charge is 0.399 e. The number of hydrogen-bond donors (Lipinski definition) is 1. The van der Waals surface area contributed by atoms with Gasteiger partial charge < -0.3 is 10.6 Å². The first-order valence-electron chi connectivity index (χ1n) is 5.44. The number of hydrogen-bond acceptors (Lipinski definition) is 4. The van der Waals surface area contributed by atoms with E-state index in [9.17, 15) is 0 Å². The normalized spacial score (nSPS) is 18.2. The summed E-state index contributed by atoms with van der Waals surface area (Å²) in [5.41, 5.74) is 9.11. The van der Waals surface area contributed by atoms with E-state index in [1.54, 1.807) is 0 Å². The molecule has 0 radical (unpaired) electrons. The van der Waals surface area contributed by atoms with Crippen LogP contribution in [0.25, 0.3) is 0 Å². The number of anilines is 2. The molecule has 17 heavy (non-hydrogen) atoms. The fourth-order valence-corrected chi connectivity index (χ4v) is 3.33. The minimum Gasteiger partial charge on any atom is -0.399 e. The molecule has 2 N–H and O–H groups in total. The molecule has 1 aromatic carbocycles. The molecule has 0 amide bonds. The Morgan fingerprint density at radius 3 is 3.00 bits per heavy atom. The second-order valence-electron chi connectivity index (χ2n) is 4.09. The van der Waals surface area contributed by atoms with E-state index >= 15 is 0 Å². The number of nitrogen functional groups attached to an aromatic ring is 1. The SMILES string of the molecule is CN1c2ccncc2SC1c1cccc(N)c1. The maximum absolute atomic E-state index is 5.84. The molecule has 86 valence electrons. The highest BCUT2D eigenvalue weighted by Gasteiger charge is 2.28. The van der Waals surface area contributed by atoms with Crippen LogP contribution in [0.4, 0.5) is 11.4 Å². The average molecular weight is 243 g/mol. The third-order valence-corrected chi connectivity index (χ3v) is 4.31. The van der Waals surface area contributed by atoms with Gasteiger partial charge in [-0.1, -0.05) is 23.9 Å². The molecule has 4 heteroatoms. The quantitative estimate of drug-likeness (QED) is 0.782. The number of nitrogens with zero attached hydrogens (tertiary/aromatic N) is 2. The van der Waals surface area contributed by atoms with E-state index in [1.165, 1.54) is 16.1 Å². The monoisotopic (exact) mass is 243 g/mol. The first kappa shape index (κ1) is 10.5. The van der Waals surface area contributed by atoms with Crippen molar-refractivity contribution in [3.63, 3.8) is 0 Å². The van der Waals surface area contributed by atoms with Crippen LogP contribution in [-0.2, 0) is 0 Å². The Morgan fingerprint density at radius 1 is 1.35 bits per heavy atom. The van der Waals surface area contributed by atoms with Crippen molar-refractivity contribution in [3.05, 3.63) is 48.3 Å². The van der Waals surface area contributed by atoms with E-state index in [0.29, 0.717) is 0 Å².